The molecular weight excluding hydrogens is 1390 g/mol. The average molecular weight is 1600 g/mol. The van der Waals surface area contributed by atoms with Crippen molar-refractivity contribution >= 4 is 17.6 Å². The van der Waals surface area contributed by atoms with Gasteiger partial charge >= 0.3 is 6.39 Å². The Morgan fingerprint density at radius 2 is 0.892 bits per heavy atom. The molecule has 2 N–H and O–H groups in total. The Hall–Kier alpha value is -4.46. The Balaban J connectivity index is -0.0000000962. The second kappa shape index (κ2) is 75.6. The predicted octanol–water partition coefficient (Wildman–Crippen LogP) is 19.9. The first-order chi connectivity index (χ1) is 47.2. The molecule has 0 atom stereocenters. The fraction of sp³-hybridized carbons (Fsp3) is 0.787. The number of morpholine rings is 2. The number of likely N-dealkylation sites (tertiary alicyclic amines) is 2. The van der Waals surface area contributed by atoms with Gasteiger partial charge < -0.3 is 37.1 Å². The lowest BCUT2D eigenvalue weighted by atomic mass is 10.1. The van der Waals surface area contributed by atoms with Gasteiger partial charge in [0.05, 0.1) is 148 Å². The molecule has 0 aliphatic carbocycles. The van der Waals surface area contributed by atoms with Crippen molar-refractivity contribution in [1.29, 1.82) is 0 Å². The molecule has 5 aliphatic rings. The Labute approximate surface area is 702 Å². The molecule has 5 aromatic rings. The van der Waals surface area contributed by atoms with E-state index in [0.29, 0.717) is 36.3 Å². The summed E-state index contributed by atoms with van der Waals surface area (Å²) < 4.78 is 36.3. The minimum absolute atomic E-state index is 0. The van der Waals surface area contributed by atoms with Gasteiger partial charge in [-0.05, 0) is 225 Å². The number of imidazole rings is 2. The maximum atomic E-state index is 5.30. The van der Waals surface area contributed by atoms with E-state index in [1.165, 1.54) is 124 Å². The molecule has 0 amide bonds. The monoisotopic (exact) mass is 1600 g/mol. The van der Waals surface area contributed by atoms with Crippen LogP contribution >= 0.6 is 11.3 Å². The zero-order valence-corrected chi connectivity index (χ0v) is 71.5. The highest BCUT2D eigenvalue weighted by atomic mass is 32.1. The van der Waals surface area contributed by atoms with E-state index in [4.69, 9.17) is 13.9 Å². The van der Waals surface area contributed by atoms with Crippen LogP contribution in [0.1, 0.15) is 337 Å². The number of aromatic nitrogens is 7. The molecule has 10 heterocycles. The zero-order chi connectivity index (χ0) is 75.9. The number of allylic oxidation sites excluding steroid dienone is 1. The van der Waals surface area contributed by atoms with Gasteiger partial charge in [0.1, 0.15) is 57.2 Å². The molecule has 4 fully saturated rings. The fourth-order valence-electron chi connectivity index (χ4n) is 11.9. The topological polar surface area (TPSA) is 72.8 Å². The lowest BCUT2D eigenvalue weighted by Crippen LogP contribution is -3.16. The number of oxazole rings is 1. The van der Waals surface area contributed by atoms with Crippen LogP contribution < -0.4 is 32.6 Å². The SMILES string of the molecule is C.C.C.C.C.C.C.C.C.C.C.CC(C)[N+]1(C)CCCCC1.CC(C)[N+]1(C)CCOCC1.CC(C)[N+]1=CCC=C1.CC(C)[NH+]1CCCCC1.CC(C)[NH+]1CCOCC1.CC(C)[n+]1ccccc1.CC(C)[n+]1ccoc1.CC(C)[n+]1ccsc1.CC(C)n1cc[n+](C)c1.CC[N+](CC)(CC)C(C)C.CC[n+]1ccn(C(C)C)c1. The van der Waals surface area contributed by atoms with Crippen LogP contribution in [0.15, 0.2) is 121 Å². The normalized spacial score (nSPS) is 14.8. The first-order valence-electron chi connectivity index (χ1n) is 39.8. The molecule has 0 bridgehead atoms. The number of pyridine rings is 1. The van der Waals surface area contributed by atoms with Crippen molar-refractivity contribution in [3.8, 4) is 0 Å². The number of ether oxygens (including phenoxy) is 2. The van der Waals surface area contributed by atoms with E-state index in [-0.39, 0.29) is 81.7 Å². The summed E-state index contributed by atoms with van der Waals surface area (Å²) in [6, 6.07) is 13.6. The molecule has 664 valence electrons. The first kappa shape index (κ1) is 133. The minimum Gasteiger partial charge on any atom is -0.412 e. The summed E-state index contributed by atoms with van der Waals surface area (Å²) >= 11 is 1.73. The van der Waals surface area contributed by atoms with Crippen LogP contribution in [0.25, 0.3) is 0 Å². The standard InChI is InChI=1S/C9H20N.C9H22N.C8H15N2.C8H18NO.C8H17N.C8H12N.C7H13N2.C7H15NO.C7H12N.C6H10NO.C6H10NS.11CH4/c1-9(2)10(3)7-5-4-6-8-10;1-6-10(7-2,8-3)9(4)5;1-4-9-5-6-10(7-9)8(2)3;1-8(2)9(3)4-6-10-7-5-9;2*1-8(2)9-6-4-3-5-7-9;1-7(2)9-5-4-8(3)6-9;1-7(2)8-3-5-9-6-4-8;1-7(2)8-5-3-4-6-8;2*1-6(2)7-3-4-8-5-7;;;;;;;;;;;/h9H,4-8H2,1-3H3;9H,6-8H2,1-5H3;5-8H,4H2,1-3H3;8H,4-7H2,1-3H3;8H,3-7H2,1-2H3;3-8H,1-2H3;4-7H,1-3H3;7H,3-6H2,1-2H3;3,5-7H,4H2,1-2H3;2*3-6H,1-2H3;11*1H4/q4*+1;;2*+1;;3*+1;;;;;;;;;;;/p+2. The molecule has 10 rings (SSSR count). The van der Waals surface area contributed by atoms with Gasteiger partial charge in [-0.2, -0.15) is 9.13 Å². The summed E-state index contributed by atoms with van der Waals surface area (Å²) in [5.74, 6) is 0. The van der Waals surface area contributed by atoms with E-state index in [9.17, 15) is 0 Å². The first-order valence-corrected chi connectivity index (χ1v) is 40.7. The van der Waals surface area contributed by atoms with Crippen molar-refractivity contribution in [2.75, 3.05) is 113 Å². The summed E-state index contributed by atoms with van der Waals surface area (Å²) in [7, 11) is 6.73. The van der Waals surface area contributed by atoms with Gasteiger partial charge in [-0.3, -0.25) is 0 Å². The van der Waals surface area contributed by atoms with Gasteiger partial charge in [0, 0.05) is 18.6 Å². The van der Waals surface area contributed by atoms with Gasteiger partial charge in [-0.25, -0.2) is 27.4 Å². The molecule has 0 unspecified atom stereocenters. The Morgan fingerprint density at radius 1 is 0.459 bits per heavy atom. The average Bonchev–Trinajstić information content (AvgIpc) is 1.87. The van der Waals surface area contributed by atoms with Crippen LogP contribution in [-0.4, -0.2) is 182 Å². The van der Waals surface area contributed by atoms with Crippen LogP contribution in [0.5, 0.6) is 0 Å². The van der Waals surface area contributed by atoms with Crippen LogP contribution in [0, 0.1) is 0 Å². The highest BCUT2D eigenvalue weighted by Gasteiger charge is 2.29. The van der Waals surface area contributed by atoms with Crippen LogP contribution in [0.3, 0.4) is 0 Å². The quantitative estimate of drug-likeness (QED) is 0.0810. The van der Waals surface area contributed by atoms with Crippen molar-refractivity contribution in [3.05, 3.63) is 116 Å². The van der Waals surface area contributed by atoms with Gasteiger partial charge in [-0.15, -0.1) is 0 Å². The Kier molecular flexibility index (Phi) is 90.4. The van der Waals surface area contributed by atoms with Crippen LogP contribution in [0.4, 0.5) is 0 Å². The molecule has 0 saturated carbocycles. The number of nitrogens with one attached hydrogen (secondary N) is 2. The molecule has 0 aromatic carbocycles. The molecule has 0 spiro atoms. The van der Waals surface area contributed by atoms with Crippen LogP contribution in [0.2, 0.25) is 0 Å². The molecule has 0 radical (unpaired) electrons. The second-order valence-corrected chi connectivity index (χ2v) is 32.3. The third-order valence-corrected chi connectivity index (χ3v) is 21.6. The third-order valence-electron chi connectivity index (χ3n) is 21.0. The van der Waals surface area contributed by atoms with E-state index in [1.54, 1.807) is 33.8 Å². The largest absolute Gasteiger partial charge is 0.412 e. The highest BCUT2D eigenvalue weighted by molar-refractivity contribution is 7.07. The Morgan fingerprint density at radius 3 is 1.13 bits per heavy atom. The number of nitrogens with zero attached hydrogens (tertiary/aromatic N) is 11. The van der Waals surface area contributed by atoms with Crippen molar-refractivity contribution < 1.29 is 64.6 Å². The Bertz CT molecular complexity index is 2590. The minimum atomic E-state index is 0. The summed E-state index contributed by atoms with van der Waals surface area (Å²) in [6.07, 6.45) is 40.4. The zero-order valence-electron chi connectivity index (χ0n) is 70.7. The van der Waals surface area contributed by atoms with Crippen LogP contribution in [-0.2, 0) is 23.1 Å². The van der Waals surface area contributed by atoms with Gasteiger partial charge in [0.15, 0.2) is 55.2 Å². The van der Waals surface area contributed by atoms with E-state index in [2.05, 4.69) is 301 Å². The van der Waals surface area contributed by atoms with Crippen molar-refractivity contribution in [2.24, 2.45) is 7.05 Å². The summed E-state index contributed by atoms with van der Waals surface area (Å²) in [5, 5.41) is 2.08. The number of thiazole rings is 1. The number of rotatable bonds is 15. The van der Waals surface area contributed by atoms with E-state index in [1.807, 2.05) is 46.8 Å². The van der Waals surface area contributed by atoms with Crippen molar-refractivity contribution in [3.63, 3.8) is 0 Å². The van der Waals surface area contributed by atoms with E-state index >= 15 is 0 Å². The van der Waals surface area contributed by atoms with Gasteiger partial charge in [0.25, 0.3) is 0 Å². The molecule has 17 heteroatoms. The number of likely N-dealkylation sites (N-methyl/N-ethyl adjacent to an activating group) is 1. The number of piperidine rings is 2. The third kappa shape index (κ3) is 58.1. The lowest BCUT2D eigenvalue weighted by Gasteiger charge is -2.41. The number of quaternary nitrogens is 5. The molecule has 4 saturated heterocycles. The summed E-state index contributed by atoms with van der Waals surface area (Å²) in [4.78, 5) is 3.49. The van der Waals surface area contributed by atoms with Crippen molar-refractivity contribution in [1.82, 2.24) is 9.13 Å². The molecule has 16 nitrogen and oxygen atoms in total. The summed E-state index contributed by atoms with van der Waals surface area (Å²) in [6.45, 7) is 77.0. The van der Waals surface area contributed by atoms with Gasteiger partial charge in [-0.1, -0.05) is 99.1 Å². The van der Waals surface area contributed by atoms with E-state index < -0.39 is 0 Å². The van der Waals surface area contributed by atoms with Crippen molar-refractivity contribution in [2.45, 2.75) is 380 Å². The molecular formula is C94H210N13O3S+11. The maximum absolute atomic E-state index is 5.30. The smallest absolute Gasteiger partial charge is 0.334 e. The molecule has 5 aliphatic heterocycles. The summed E-state index contributed by atoms with van der Waals surface area (Å²) in [5.41, 5.74) is 2.12. The maximum Gasteiger partial charge on any atom is 0.334 e. The highest BCUT2D eigenvalue weighted by Crippen LogP contribution is 2.19. The predicted molar refractivity (Wildman–Crippen MR) is 497 cm³/mol. The molecule has 5 aromatic heterocycles. The fourth-order valence-corrected chi connectivity index (χ4v) is 12.6. The van der Waals surface area contributed by atoms with Gasteiger partial charge in [0.2, 0.25) is 24.4 Å². The lowest BCUT2D eigenvalue weighted by molar-refractivity contribution is -0.943. The number of hydrogen-bond donors (Lipinski definition) is 2. The van der Waals surface area contributed by atoms with E-state index in [0.717, 1.165) is 69.6 Å². The molecule has 111 heavy (non-hydrogen) atoms. The number of hydrogen-bond acceptors (Lipinski definition) is 4. The second-order valence-electron chi connectivity index (χ2n) is 31.6. The number of aryl methyl sites for hydroxylation is 2.